The number of pyridine rings is 5. The van der Waals surface area contributed by atoms with E-state index in [2.05, 4.69) is 30.2 Å². The molecule has 1 aliphatic heterocycles. The molecule has 14 heteroatoms. The number of hydrogen-bond acceptors (Lipinski definition) is 8. The molecule has 7 aromatic rings. The van der Waals surface area contributed by atoms with Crippen molar-refractivity contribution in [2.24, 2.45) is 0 Å². The molecule has 5 aromatic heterocycles. The van der Waals surface area contributed by atoms with Gasteiger partial charge in [-0.3, -0.25) is 9.97 Å². The van der Waals surface area contributed by atoms with Crippen molar-refractivity contribution in [2.75, 3.05) is 36.5 Å². The second-order valence-corrected chi connectivity index (χ2v) is 13.9. The second-order valence-electron chi connectivity index (χ2n) is 13.1. The van der Waals surface area contributed by atoms with Gasteiger partial charge in [-0.2, -0.15) is 0 Å². The van der Waals surface area contributed by atoms with Crippen LogP contribution in [0, 0.1) is 51.0 Å². The summed E-state index contributed by atoms with van der Waals surface area (Å²) >= 11 is 12.7. The zero-order valence-corrected chi connectivity index (χ0v) is 31.6. The average Bonchev–Trinajstić information content (AvgIpc) is 3.14. The summed E-state index contributed by atoms with van der Waals surface area (Å²) in [6.45, 7) is 10.1. The Morgan fingerprint density at radius 3 is 1.78 bits per heavy atom. The van der Waals surface area contributed by atoms with E-state index >= 15 is 4.39 Å². The third-order valence-corrected chi connectivity index (χ3v) is 9.79. The molecule has 0 saturated carbocycles. The highest BCUT2D eigenvalue weighted by molar-refractivity contribution is 6.36. The van der Waals surface area contributed by atoms with Gasteiger partial charge in [-0.15, -0.1) is 0 Å². The van der Waals surface area contributed by atoms with Crippen LogP contribution in [0.1, 0.15) is 22.3 Å². The second kappa shape index (κ2) is 15.7. The quantitative estimate of drug-likeness (QED) is 0.173. The highest BCUT2D eigenvalue weighted by Crippen LogP contribution is 2.38. The summed E-state index contributed by atoms with van der Waals surface area (Å²) in [6, 6.07) is 15.0. The molecule has 0 spiro atoms. The number of halogens is 6. The minimum absolute atomic E-state index is 0.131. The van der Waals surface area contributed by atoms with Crippen LogP contribution in [0.5, 0.6) is 0 Å². The molecule has 1 saturated heterocycles. The van der Waals surface area contributed by atoms with E-state index in [9.17, 15) is 13.2 Å². The number of ether oxygens (including phenoxy) is 1. The van der Waals surface area contributed by atoms with Crippen molar-refractivity contribution in [3.05, 3.63) is 129 Å². The molecule has 6 heterocycles. The molecular weight excluding hydrogens is 753 g/mol. The molecule has 0 unspecified atom stereocenters. The van der Waals surface area contributed by atoms with Crippen LogP contribution in [0.2, 0.25) is 10.0 Å². The number of hydrogen-bond donors (Lipinski definition) is 1. The van der Waals surface area contributed by atoms with Crippen molar-refractivity contribution in [1.29, 1.82) is 0 Å². The normalized spacial score (nSPS) is 12.9. The summed E-state index contributed by atoms with van der Waals surface area (Å²) in [5.74, 6) is -1.68. The number of morpholine rings is 1. The van der Waals surface area contributed by atoms with E-state index in [1.54, 1.807) is 31.5 Å². The molecule has 0 bridgehead atoms. The number of nitrogens with zero attached hydrogens (tertiary/aromatic N) is 6. The van der Waals surface area contributed by atoms with E-state index in [0.717, 1.165) is 23.3 Å². The first-order chi connectivity index (χ1) is 26.4. The zero-order chi connectivity index (χ0) is 39.0. The predicted molar refractivity (Wildman–Crippen MR) is 209 cm³/mol. The highest BCUT2D eigenvalue weighted by Gasteiger charge is 2.21. The van der Waals surface area contributed by atoms with Gasteiger partial charge in [0.05, 0.1) is 68.5 Å². The average molecular weight is 787 g/mol. The van der Waals surface area contributed by atoms with Crippen LogP contribution in [-0.4, -0.2) is 51.2 Å². The van der Waals surface area contributed by atoms with Crippen LogP contribution < -0.4 is 10.2 Å². The standard InChI is InChI=1S/C25H22ClF2N5O.C16H11ClF2N2/c1-14-3-4-29-20(9-14)24-15(2)25(23-18(28)12-17(27)13-19(23)30-24)32-21-10-16(26)11-22(31-21)33-5-7-34-8-6-33;1-8-3-4-20-13(5-8)16-9(2)15(17)14-11(19)6-10(18)7-12(14)21-16/h3-4,9-13H,5-8H2,1-2H3,(H,30,31,32);3-7H,1-2H3. The summed E-state index contributed by atoms with van der Waals surface area (Å²) in [6.07, 6.45) is 3.35. The van der Waals surface area contributed by atoms with Gasteiger partial charge in [0.25, 0.3) is 0 Å². The van der Waals surface area contributed by atoms with Crippen LogP contribution in [0.15, 0.2) is 73.1 Å². The molecule has 1 aliphatic rings. The minimum atomic E-state index is -0.715. The van der Waals surface area contributed by atoms with Gasteiger partial charge in [0, 0.05) is 60.3 Å². The molecular formula is C41H33Cl2F4N7O. The summed E-state index contributed by atoms with van der Waals surface area (Å²) in [7, 11) is 0. The molecule has 0 aliphatic carbocycles. The van der Waals surface area contributed by atoms with E-state index < -0.39 is 23.3 Å². The van der Waals surface area contributed by atoms with Crippen molar-refractivity contribution in [2.45, 2.75) is 27.7 Å². The van der Waals surface area contributed by atoms with Crippen LogP contribution in [0.25, 0.3) is 44.6 Å². The fourth-order valence-electron chi connectivity index (χ4n) is 6.38. The minimum Gasteiger partial charge on any atom is -0.378 e. The Morgan fingerprint density at radius 1 is 0.655 bits per heavy atom. The van der Waals surface area contributed by atoms with Crippen LogP contribution in [0.4, 0.5) is 34.9 Å². The molecule has 0 atom stereocenters. The van der Waals surface area contributed by atoms with Gasteiger partial charge in [0.15, 0.2) is 0 Å². The number of benzene rings is 2. The van der Waals surface area contributed by atoms with Crippen molar-refractivity contribution in [1.82, 2.24) is 24.9 Å². The van der Waals surface area contributed by atoms with Gasteiger partial charge < -0.3 is 15.0 Å². The fraction of sp³-hybridized carbons (Fsp3) is 0.195. The number of aromatic nitrogens is 5. The SMILES string of the molecule is Cc1ccnc(-c2nc3cc(F)cc(F)c3c(Cl)c2C)c1.Cc1ccnc(-c2nc3cc(F)cc(F)c3c(Nc3cc(Cl)cc(N4CCOCC4)n3)c2C)c1. The molecule has 0 amide bonds. The lowest BCUT2D eigenvalue weighted by atomic mass is 10.0. The number of rotatable bonds is 5. The van der Waals surface area contributed by atoms with Crippen LogP contribution >= 0.6 is 23.2 Å². The Morgan fingerprint density at radius 2 is 1.20 bits per heavy atom. The lowest BCUT2D eigenvalue weighted by molar-refractivity contribution is 0.122. The number of nitrogens with one attached hydrogen (secondary N) is 1. The third kappa shape index (κ3) is 8.02. The van der Waals surface area contributed by atoms with E-state index in [0.29, 0.717) is 82.6 Å². The Labute approximate surface area is 324 Å². The third-order valence-electron chi connectivity index (χ3n) is 9.10. The van der Waals surface area contributed by atoms with Gasteiger partial charge in [-0.25, -0.2) is 32.5 Å². The maximum Gasteiger partial charge on any atom is 0.137 e. The van der Waals surface area contributed by atoms with Gasteiger partial charge in [-0.1, -0.05) is 23.2 Å². The summed E-state index contributed by atoms with van der Waals surface area (Å²) in [5, 5.41) is 4.26. The molecule has 0 radical (unpaired) electrons. The Hall–Kier alpha value is -5.43. The molecule has 280 valence electrons. The largest absolute Gasteiger partial charge is 0.378 e. The molecule has 55 heavy (non-hydrogen) atoms. The lowest BCUT2D eigenvalue weighted by Crippen LogP contribution is -2.36. The van der Waals surface area contributed by atoms with Crippen LogP contribution in [-0.2, 0) is 4.74 Å². The number of anilines is 3. The Balaban J connectivity index is 0.000000190. The maximum atomic E-state index is 15.0. The first-order valence-electron chi connectivity index (χ1n) is 17.2. The first-order valence-corrected chi connectivity index (χ1v) is 18.0. The highest BCUT2D eigenvalue weighted by atomic mass is 35.5. The van der Waals surface area contributed by atoms with Crippen molar-refractivity contribution >= 4 is 62.3 Å². The number of fused-ring (bicyclic) bond motifs is 2. The zero-order valence-electron chi connectivity index (χ0n) is 30.1. The fourth-order valence-corrected chi connectivity index (χ4v) is 6.86. The topological polar surface area (TPSA) is 89.0 Å². The predicted octanol–water partition coefficient (Wildman–Crippen LogP) is 10.7. The summed E-state index contributed by atoms with van der Waals surface area (Å²) in [5.41, 5.74) is 6.38. The molecule has 8 rings (SSSR count). The summed E-state index contributed by atoms with van der Waals surface area (Å²) in [4.78, 5) is 24.4. The van der Waals surface area contributed by atoms with Crippen molar-refractivity contribution < 1.29 is 22.3 Å². The van der Waals surface area contributed by atoms with Gasteiger partial charge >= 0.3 is 0 Å². The van der Waals surface area contributed by atoms with Crippen molar-refractivity contribution in [3.8, 4) is 22.8 Å². The van der Waals surface area contributed by atoms with E-state index in [1.807, 2.05) is 45.0 Å². The van der Waals surface area contributed by atoms with E-state index in [-0.39, 0.29) is 26.8 Å². The number of aryl methyl sites for hydroxylation is 2. The van der Waals surface area contributed by atoms with Crippen molar-refractivity contribution in [3.63, 3.8) is 0 Å². The first kappa shape index (κ1) is 37.9. The molecule has 8 nitrogen and oxygen atoms in total. The monoisotopic (exact) mass is 785 g/mol. The Kier molecular flexibility index (Phi) is 10.8. The lowest BCUT2D eigenvalue weighted by Gasteiger charge is -2.28. The summed E-state index contributed by atoms with van der Waals surface area (Å²) < 4.78 is 61.9. The molecule has 2 aromatic carbocycles. The van der Waals surface area contributed by atoms with Gasteiger partial charge in [0.1, 0.15) is 34.9 Å². The maximum absolute atomic E-state index is 15.0. The molecule has 1 N–H and O–H groups in total. The van der Waals surface area contributed by atoms with Gasteiger partial charge in [-0.05, 0) is 80.8 Å². The van der Waals surface area contributed by atoms with E-state index in [1.165, 1.54) is 12.1 Å². The van der Waals surface area contributed by atoms with Crippen LogP contribution in [0.3, 0.4) is 0 Å². The Bertz CT molecular complexity index is 2600. The van der Waals surface area contributed by atoms with Gasteiger partial charge in [0.2, 0.25) is 0 Å². The molecule has 1 fully saturated rings. The van der Waals surface area contributed by atoms with E-state index in [4.69, 9.17) is 32.9 Å². The smallest absolute Gasteiger partial charge is 0.137 e.